The summed E-state index contributed by atoms with van der Waals surface area (Å²) in [5.41, 5.74) is 12.2. The number of ether oxygens (including phenoxy) is 1. The van der Waals surface area contributed by atoms with Crippen LogP contribution in [0.3, 0.4) is 0 Å². The van der Waals surface area contributed by atoms with E-state index in [1.165, 1.54) is 0 Å². The Labute approximate surface area is 71.7 Å². The molecule has 0 saturated carbocycles. The summed E-state index contributed by atoms with van der Waals surface area (Å²) in [7, 11) is 1.54. The normalized spacial score (nSPS) is 8.45. The highest BCUT2D eigenvalue weighted by atomic mass is 35.5. The Morgan fingerprint density at radius 2 is 1.64 bits per heavy atom. The van der Waals surface area contributed by atoms with Gasteiger partial charge in [-0.05, 0) is 12.1 Å². The van der Waals surface area contributed by atoms with Gasteiger partial charge in [0.15, 0.2) is 5.75 Å². The Bertz CT molecular complexity index is 220. The molecule has 0 radical (unpaired) electrons. The van der Waals surface area contributed by atoms with Gasteiger partial charge in [0.2, 0.25) is 0 Å². The summed E-state index contributed by atoms with van der Waals surface area (Å²) in [5, 5.41) is 0. The Hall–Kier alpha value is -1.09. The molecule has 4 N–H and O–H groups in total. The lowest BCUT2D eigenvalue weighted by molar-refractivity contribution is 0.419. The van der Waals surface area contributed by atoms with Gasteiger partial charge in [0.1, 0.15) is 0 Å². The van der Waals surface area contributed by atoms with Gasteiger partial charge in [-0.25, -0.2) is 0 Å². The van der Waals surface area contributed by atoms with Gasteiger partial charge >= 0.3 is 0 Å². The largest absolute Gasteiger partial charge is 0.492 e. The smallest absolute Gasteiger partial charge is 0.164 e. The molecule has 4 heteroatoms. The Morgan fingerprint density at radius 1 is 1.18 bits per heavy atom. The highest BCUT2D eigenvalue weighted by molar-refractivity contribution is 5.85. The summed E-state index contributed by atoms with van der Waals surface area (Å²) < 4.78 is 4.93. The second-order valence-corrected chi connectivity index (χ2v) is 1.97. The third kappa shape index (κ3) is 1.91. The predicted octanol–water partition coefficient (Wildman–Crippen LogP) is 1.28. The number of para-hydroxylation sites is 1. The van der Waals surface area contributed by atoms with E-state index in [9.17, 15) is 0 Å². The van der Waals surface area contributed by atoms with Crippen molar-refractivity contribution in [2.75, 3.05) is 18.6 Å². The summed E-state index contributed by atoms with van der Waals surface area (Å²) in [6.45, 7) is 0. The molecule has 0 aliphatic heterocycles. The molecular formula is C7H11ClN2O. The molecule has 11 heavy (non-hydrogen) atoms. The summed E-state index contributed by atoms with van der Waals surface area (Å²) in [6.07, 6.45) is 0. The molecule has 0 unspecified atom stereocenters. The number of anilines is 2. The van der Waals surface area contributed by atoms with E-state index in [1.807, 2.05) is 0 Å². The summed E-state index contributed by atoms with van der Waals surface area (Å²) in [5.74, 6) is 0.558. The number of hydrogen-bond donors (Lipinski definition) is 2. The van der Waals surface area contributed by atoms with Crippen LogP contribution in [0, 0.1) is 0 Å². The van der Waals surface area contributed by atoms with Gasteiger partial charge in [-0.1, -0.05) is 6.07 Å². The molecule has 0 bridgehead atoms. The molecule has 62 valence electrons. The van der Waals surface area contributed by atoms with Crippen LogP contribution in [-0.2, 0) is 0 Å². The molecule has 0 aromatic heterocycles. The highest BCUT2D eigenvalue weighted by Gasteiger charge is 2.00. The number of halogens is 1. The number of nitrogens with two attached hydrogens (primary N) is 2. The maximum Gasteiger partial charge on any atom is 0.164 e. The van der Waals surface area contributed by atoms with Crippen molar-refractivity contribution >= 4 is 23.8 Å². The Kier molecular flexibility index (Phi) is 3.54. The number of methoxy groups -OCH3 is 1. The quantitative estimate of drug-likeness (QED) is 0.631. The average molecular weight is 175 g/mol. The van der Waals surface area contributed by atoms with Gasteiger partial charge in [-0.3, -0.25) is 0 Å². The van der Waals surface area contributed by atoms with Crippen LogP contribution in [0.15, 0.2) is 18.2 Å². The summed E-state index contributed by atoms with van der Waals surface area (Å²) in [6, 6.07) is 5.28. The molecule has 0 spiro atoms. The van der Waals surface area contributed by atoms with E-state index in [-0.39, 0.29) is 12.4 Å². The zero-order valence-electron chi connectivity index (χ0n) is 6.20. The minimum atomic E-state index is 0. The first-order chi connectivity index (χ1) is 4.75. The van der Waals surface area contributed by atoms with Crippen LogP contribution in [0.2, 0.25) is 0 Å². The molecule has 1 aromatic carbocycles. The summed E-state index contributed by atoms with van der Waals surface area (Å²) >= 11 is 0. The zero-order chi connectivity index (χ0) is 7.56. The molecule has 1 aromatic rings. The van der Waals surface area contributed by atoms with Crippen LogP contribution >= 0.6 is 12.4 Å². The van der Waals surface area contributed by atoms with E-state index in [2.05, 4.69) is 0 Å². The SMILES string of the molecule is COc1c(N)cccc1N.Cl. The monoisotopic (exact) mass is 174 g/mol. The van der Waals surface area contributed by atoms with Crippen molar-refractivity contribution in [2.24, 2.45) is 0 Å². The van der Waals surface area contributed by atoms with Gasteiger partial charge in [0.05, 0.1) is 18.5 Å². The zero-order valence-corrected chi connectivity index (χ0v) is 7.02. The van der Waals surface area contributed by atoms with Gasteiger partial charge in [-0.2, -0.15) is 0 Å². The van der Waals surface area contributed by atoms with E-state index in [0.717, 1.165) is 0 Å². The fourth-order valence-corrected chi connectivity index (χ4v) is 0.809. The lowest BCUT2D eigenvalue weighted by Gasteiger charge is -2.05. The van der Waals surface area contributed by atoms with Crippen LogP contribution in [0.4, 0.5) is 11.4 Å². The van der Waals surface area contributed by atoms with Gasteiger partial charge in [0.25, 0.3) is 0 Å². The molecule has 0 aliphatic rings. The molecule has 1 rings (SSSR count). The fraction of sp³-hybridized carbons (Fsp3) is 0.143. The Balaban J connectivity index is 0.000001000. The molecule has 0 atom stereocenters. The summed E-state index contributed by atoms with van der Waals surface area (Å²) in [4.78, 5) is 0. The first-order valence-electron chi connectivity index (χ1n) is 2.93. The van der Waals surface area contributed by atoms with E-state index in [4.69, 9.17) is 16.2 Å². The molecule has 0 fully saturated rings. The van der Waals surface area contributed by atoms with E-state index in [0.29, 0.717) is 17.1 Å². The molecule has 0 aliphatic carbocycles. The van der Waals surface area contributed by atoms with Crippen LogP contribution in [0.5, 0.6) is 5.75 Å². The lowest BCUT2D eigenvalue weighted by atomic mass is 10.2. The molecule has 0 heterocycles. The number of rotatable bonds is 1. The standard InChI is InChI=1S/C7H10N2O.ClH/c1-10-7-5(8)3-2-4-6(7)9;/h2-4H,8-9H2,1H3;1H. The van der Waals surface area contributed by atoms with Crippen molar-refractivity contribution in [3.63, 3.8) is 0 Å². The van der Waals surface area contributed by atoms with Crippen molar-refractivity contribution in [3.05, 3.63) is 18.2 Å². The first-order valence-corrected chi connectivity index (χ1v) is 2.93. The first kappa shape index (κ1) is 9.91. The third-order valence-corrected chi connectivity index (χ3v) is 1.28. The minimum absolute atomic E-state index is 0. The highest BCUT2D eigenvalue weighted by Crippen LogP contribution is 2.27. The van der Waals surface area contributed by atoms with Gasteiger partial charge < -0.3 is 16.2 Å². The average Bonchev–Trinajstić information content (AvgIpc) is 1.88. The second-order valence-electron chi connectivity index (χ2n) is 1.97. The van der Waals surface area contributed by atoms with Gasteiger partial charge in [0, 0.05) is 0 Å². The maximum absolute atomic E-state index is 5.53. The Morgan fingerprint density at radius 3 is 1.91 bits per heavy atom. The topological polar surface area (TPSA) is 61.3 Å². The number of benzene rings is 1. The van der Waals surface area contributed by atoms with Crippen molar-refractivity contribution in [1.29, 1.82) is 0 Å². The van der Waals surface area contributed by atoms with Crippen molar-refractivity contribution in [2.45, 2.75) is 0 Å². The third-order valence-electron chi connectivity index (χ3n) is 1.28. The van der Waals surface area contributed by atoms with Crippen LogP contribution < -0.4 is 16.2 Å². The number of hydrogen-bond acceptors (Lipinski definition) is 3. The fourth-order valence-electron chi connectivity index (χ4n) is 0.809. The molecule has 0 amide bonds. The lowest BCUT2D eigenvalue weighted by Crippen LogP contribution is -1.96. The molecular weight excluding hydrogens is 164 g/mol. The van der Waals surface area contributed by atoms with Crippen molar-refractivity contribution < 1.29 is 4.74 Å². The maximum atomic E-state index is 5.53. The van der Waals surface area contributed by atoms with Crippen molar-refractivity contribution in [1.82, 2.24) is 0 Å². The van der Waals surface area contributed by atoms with E-state index < -0.39 is 0 Å². The van der Waals surface area contributed by atoms with Gasteiger partial charge in [-0.15, -0.1) is 12.4 Å². The molecule has 3 nitrogen and oxygen atoms in total. The van der Waals surface area contributed by atoms with Crippen LogP contribution in [0.25, 0.3) is 0 Å². The molecule has 0 saturated heterocycles. The predicted molar refractivity (Wildman–Crippen MR) is 49.1 cm³/mol. The van der Waals surface area contributed by atoms with Crippen LogP contribution in [-0.4, -0.2) is 7.11 Å². The second kappa shape index (κ2) is 3.93. The van der Waals surface area contributed by atoms with E-state index >= 15 is 0 Å². The van der Waals surface area contributed by atoms with Crippen molar-refractivity contribution in [3.8, 4) is 5.75 Å². The van der Waals surface area contributed by atoms with Crippen LogP contribution in [0.1, 0.15) is 0 Å². The number of nitrogen functional groups attached to an aromatic ring is 2. The minimum Gasteiger partial charge on any atom is -0.492 e. The van der Waals surface area contributed by atoms with E-state index in [1.54, 1.807) is 25.3 Å².